The third kappa shape index (κ3) is 2.33. The van der Waals surface area contributed by atoms with E-state index in [1.165, 1.54) is 6.92 Å². The van der Waals surface area contributed by atoms with E-state index in [1.54, 1.807) is 23.1 Å². The van der Waals surface area contributed by atoms with Crippen LogP contribution in [-0.4, -0.2) is 18.4 Å². The van der Waals surface area contributed by atoms with Gasteiger partial charge < -0.3 is 10.2 Å². The monoisotopic (exact) mass is 243 g/mol. The van der Waals surface area contributed by atoms with Crippen LogP contribution < -0.4 is 10.2 Å². The van der Waals surface area contributed by atoms with E-state index >= 15 is 0 Å². The second kappa shape index (κ2) is 4.88. The van der Waals surface area contributed by atoms with Crippen molar-refractivity contribution in [3.8, 4) is 6.07 Å². The number of amides is 2. The van der Waals surface area contributed by atoms with Gasteiger partial charge in [-0.2, -0.15) is 5.26 Å². The molecule has 0 radical (unpaired) electrons. The van der Waals surface area contributed by atoms with Gasteiger partial charge >= 0.3 is 0 Å². The molecule has 1 heterocycles. The van der Waals surface area contributed by atoms with Gasteiger partial charge in [0.15, 0.2) is 0 Å². The van der Waals surface area contributed by atoms with Crippen molar-refractivity contribution >= 4 is 23.2 Å². The average Bonchev–Trinajstić information content (AvgIpc) is 2.72. The van der Waals surface area contributed by atoms with E-state index < -0.39 is 0 Å². The van der Waals surface area contributed by atoms with E-state index in [2.05, 4.69) is 5.32 Å². The molecule has 2 amide bonds. The largest absolute Gasteiger partial charge is 0.325 e. The average molecular weight is 243 g/mol. The first-order valence-electron chi connectivity index (χ1n) is 5.69. The van der Waals surface area contributed by atoms with E-state index in [-0.39, 0.29) is 18.2 Å². The first-order chi connectivity index (χ1) is 8.61. The summed E-state index contributed by atoms with van der Waals surface area (Å²) in [6.07, 6.45) is 0.662. The Morgan fingerprint density at radius 3 is 2.94 bits per heavy atom. The second-order valence-electron chi connectivity index (χ2n) is 4.15. The van der Waals surface area contributed by atoms with Crippen LogP contribution in [0.2, 0.25) is 0 Å². The minimum atomic E-state index is -0.343. The molecule has 0 aromatic heterocycles. The lowest BCUT2D eigenvalue weighted by Crippen LogP contribution is -2.25. The van der Waals surface area contributed by atoms with Gasteiger partial charge in [-0.3, -0.25) is 9.59 Å². The van der Waals surface area contributed by atoms with Gasteiger partial charge in [-0.05, 0) is 24.1 Å². The Morgan fingerprint density at radius 1 is 1.50 bits per heavy atom. The van der Waals surface area contributed by atoms with Crippen LogP contribution in [-0.2, 0) is 16.0 Å². The molecule has 0 bridgehead atoms. The first-order valence-corrected chi connectivity index (χ1v) is 5.69. The van der Waals surface area contributed by atoms with Crippen LogP contribution in [0.15, 0.2) is 18.2 Å². The molecule has 2 rings (SSSR count). The SMILES string of the molecule is CC(=O)N1CCc2ccc(NC(=O)CC#N)cc21. The summed E-state index contributed by atoms with van der Waals surface area (Å²) in [4.78, 5) is 24.4. The van der Waals surface area contributed by atoms with Gasteiger partial charge in [-0.25, -0.2) is 0 Å². The van der Waals surface area contributed by atoms with Crippen molar-refractivity contribution in [1.29, 1.82) is 5.26 Å². The highest BCUT2D eigenvalue weighted by atomic mass is 16.2. The summed E-state index contributed by atoms with van der Waals surface area (Å²) in [5, 5.41) is 11.1. The van der Waals surface area contributed by atoms with Crippen molar-refractivity contribution in [2.45, 2.75) is 19.8 Å². The minimum absolute atomic E-state index is 0.00532. The van der Waals surface area contributed by atoms with Gasteiger partial charge in [0.2, 0.25) is 11.8 Å². The van der Waals surface area contributed by atoms with Gasteiger partial charge in [0, 0.05) is 24.8 Å². The van der Waals surface area contributed by atoms with E-state index in [0.717, 1.165) is 17.7 Å². The fourth-order valence-electron chi connectivity index (χ4n) is 2.06. The Kier molecular flexibility index (Phi) is 3.28. The molecule has 92 valence electrons. The molecule has 5 nitrogen and oxygen atoms in total. The number of nitrogens with one attached hydrogen (secondary N) is 1. The number of carbonyl (C=O) groups is 2. The zero-order valence-electron chi connectivity index (χ0n) is 10.1. The van der Waals surface area contributed by atoms with Crippen LogP contribution in [0.4, 0.5) is 11.4 Å². The van der Waals surface area contributed by atoms with Crippen LogP contribution in [0.3, 0.4) is 0 Å². The molecule has 0 atom stereocenters. The van der Waals surface area contributed by atoms with E-state index in [1.807, 2.05) is 6.07 Å². The summed E-state index contributed by atoms with van der Waals surface area (Å²) >= 11 is 0. The molecule has 1 N–H and O–H groups in total. The normalized spacial score (nSPS) is 12.8. The maximum atomic E-state index is 11.4. The third-order valence-corrected chi connectivity index (χ3v) is 2.88. The number of benzene rings is 1. The smallest absolute Gasteiger partial charge is 0.238 e. The maximum Gasteiger partial charge on any atom is 0.238 e. The maximum absolute atomic E-state index is 11.4. The van der Waals surface area contributed by atoms with Crippen molar-refractivity contribution in [2.24, 2.45) is 0 Å². The summed E-state index contributed by atoms with van der Waals surface area (Å²) in [7, 11) is 0. The highest BCUT2D eigenvalue weighted by molar-refractivity contribution is 5.96. The molecule has 18 heavy (non-hydrogen) atoms. The fraction of sp³-hybridized carbons (Fsp3) is 0.308. The summed E-state index contributed by atoms with van der Waals surface area (Å²) in [6, 6.07) is 7.26. The molecule has 0 spiro atoms. The number of anilines is 2. The lowest BCUT2D eigenvalue weighted by Gasteiger charge is -2.15. The molecule has 1 aromatic carbocycles. The third-order valence-electron chi connectivity index (χ3n) is 2.88. The summed E-state index contributed by atoms with van der Waals surface area (Å²) in [5.41, 5.74) is 2.56. The molecule has 0 aliphatic carbocycles. The molecule has 0 saturated carbocycles. The zero-order valence-corrected chi connectivity index (χ0v) is 10.1. The number of nitriles is 1. The molecule has 5 heteroatoms. The first kappa shape index (κ1) is 12.1. The van der Waals surface area contributed by atoms with Gasteiger partial charge in [0.1, 0.15) is 6.42 Å². The lowest BCUT2D eigenvalue weighted by atomic mass is 10.1. The summed E-state index contributed by atoms with van der Waals surface area (Å²) in [6.45, 7) is 2.20. The lowest BCUT2D eigenvalue weighted by molar-refractivity contribution is -0.116. The van der Waals surface area contributed by atoms with Crippen LogP contribution in [0.5, 0.6) is 0 Å². The van der Waals surface area contributed by atoms with Crippen molar-refractivity contribution in [1.82, 2.24) is 0 Å². The standard InChI is InChI=1S/C13H13N3O2/c1-9(17)16-7-5-10-2-3-11(8-12(10)16)15-13(18)4-6-14/h2-3,8H,4-5,7H2,1H3,(H,15,18). The van der Waals surface area contributed by atoms with Gasteiger partial charge in [0.25, 0.3) is 0 Å². The number of rotatable bonds is 2. The van der Waals surface area contributed by atoms with Crippen molar-refractivity contribution in [3.63, 3.8) is 0 Å². The number of nitrogens with zero attached hydrogens (tertiary/aromatic N) is 2. The number of carbonyl (C=O) groups excluding carboxylic acids is 2. The predicted molar refractivity (Wildman–Crippen MR) is 67.0 cm³/mol. The number of hydrogen-bond donors (Lipinski definition) is 1. The van der Waals surface area contributed by atoms with Crippen LogP contribution in [0.1, 0.15) is 18.9 Å². The van der Waals surface area contributed by atoms with Crippen LogP contribution >= 0.6 is 0 Å². The van der Waals surface area contributed by atoms with E-state index in [9.17, 15) is 9.59 Å². The van der Waals surface area contributed by atoms with Gasteiger partial charge in [0.05, 0.1) is 6.07 Å². The number of fused-ring (bicyclic) bond motifs is 1. The van der Waals surface area contributed by atoms with E-state index in [4.69, 9.17) is 5.26 Å². The van der Waals surface area contributed by atoms with Crippen molar-refractivity contribution < 1.29 is 9.59 Å². The summed E-state index contributed by atoms with van der Waals surface area (Å²) in [5.74, 6) is -0.348. The topological polar surface area (TPSA) is 73.2 Å². The predicted octanol–water partition coefficient (Wildman–Crippen LogP) is 1.45. The molecule has 1 aliphatic rings. The minimum Gasteiger partial charge on any atom is -0.325 e. The highest BCUT2D eigenvalue weighted by Gasteiger charge is 2.22. The Balaban J connectivity index is 2.22. The molecular weight excluding hydrogens is 230 g/mol. The second-order valence-corrected chi connectivity index (χ2v) is 4.15. The Labute approximate surface area is 105 Å². The molecule has 0 unspecified atom stereocenters. The quantitative estimate of drug-likeness (QED) is 0.854. The van der Waals surface area contributed by atoms with Gasteiger partial charge in [-0.1, -0.05) is 6.07 Å². The Morgan fingerprint density at radius 2 is 2.28 bits per heavy atom. The number of hydrogen-bond acceptors (Lipinski definition) is 3. The molecular formula is C13H13N3O2. The van der Waals surface area contributed by atoms with Crippen LogP contribution in [0.25, 0.3) is 0 Å². The zero-order chi connectivity index (χ0) is 13.1. The molecule has 0 fully saturated rings. The molecule has 1 aromatic rings. The fourth-order valence-corrected chi connectivity index (χ4v) is 2.06. The van der Waals surface area contributed by atoms with Crippen LogP contribution in [0, 0.1) is 11.3 Å². The Bertz CT molecular complexity index is 546. The highest BCUT2D eigenvalue weighted by Crippen LogP contribution is 2.30. The van der Waals surface area contributed by atoms with Crippen molar-refractivity contribution in [3.05, 3.63) is 23.8 Å². The molecule has 0 saturated heterocycles. The van der Waals surface area contributed by atoms with Gasteiger partial charge in [-0.15, -0.1) is 0 Å². The van der Waals surface area contributed by atoms with Crippen molar-refractivity contribution in [2.75, 3.05) is 16.8 Å². The van der Waals surface area contributed by atoms with E-state index in [0.29, 0.717) is 12.2 Å². The molecule has 1 aliphatic heterocycles. The summed E-state index contributed by atoms with van der Waals surface area (Å²) < 4.78 is 0. The Hall–Kier alpha value is -2.35.